The number of carbonyl (C=O) groups excluding carboxylic acids is 1. The summed E-state index contributed by atoms with van der Waals surface area (Å²) in [4.78, 5) is 18.5. The van der Waals surface area contributed by atoms with Crippen LogP contribution in [0.3, 0.4) is 0 Å². The number of thioether (sulfide) groups is 1. The number of alkyl halides is 3. The SMILES string of the molecule is O=C1N=C(N2CCNCC2)S/C1=C\c1ccc(C(F)(F)F)cc1. The van der Waals surface area contributed by atoms with Crippen LogP contribution < -0.4 is 5.32 Å². The quantitative estimate of drug-likeness (QED) is 0.798. The molecular formula is C15H14F3N3OS. The van der Waals surface area contributed by atoms with Crippen LogP contribution in [0.1, 0.15) is 11.1 Å². The molecule has 1 aromatic carbocycles. The van der Waals surface area contributed by atoms with Gasteiger partial charge in [0.05, 0.1) is 10.5 Å². The van der Waals surface area contributed by atoms with Crippen LogP contribution in [0, 0.1) is 0 Å². The van der Waals surface area contributed by atoms with E-state index in [-0.39, 0.29) is 5.91 Å². The Bertz CT molecular complexity index is 662. The van der Waals surface area contributed by atoms with Gasteiger partial charge in [-0.1, -0.05) is 12.1 Å². The van der Waals surface area contributed by atoms with Gasteiger partial charge in [-0.15, -0.1) is 0 Å². The van der Waals surface area contributed by atoms with Crippen LogP contribution in [0.25, 0.3) is 6.08 Å². The zero-order valence-electron chi connectivity index (χ0n) is 12.1. The van der Waals surface area contributed by atoms with Crippen LogP contribution in [0.5, 0.6) is 0 Å². The zero-order chi connectivity index (χ0) is 16.4. The fourth-order valence-electron chi connectivity index (χ4n) is 2.31. The van der Waals surface area contributed by atoms with Gasteiger partial charge in [-0.05, 0) is 35.5 Å². The van der Waals surface area contributed by atoms with Crippen molar-refractivity contribution in [2.24, 2.45) is 4.99 Å². The second kappa shape index (κ2) is 6.37. The minimum absolute atomic E-state index is 0.344. The molecule has 0 radical (unpaired) electrons. The van der Waals surface area contributed by atoms with Crippen LogP contribution in [0.15, 0.2) is 34.2 Å². The predicted octanol–water partition coefficient (Wildman–Crippen LogP) is 2.58. The van der Waals surface area contributed by atoms with Crippen molar-refractivity contribution in [3.63, 3.8) is 0 Å². The van der Waals surface area contributed by atoms with E-state index in [1.54, 1.807) is 6.08 Å². The van der Waals surface area contributed by atoms with Crippen molar-refractivity contribution in [3.8, 4) is 0 Å². The van der Waals surface area contributed by atoms with Gasteiger partial charge in [-0.3, -0.25) is 4.79 Å². The molecule has 2 aliphatic heterocycles. The molecule has 1 N–H and O–H groups in total. The molecular weight excluding hydrogens is 327 g/mol. The highest BCUT2D eigenvalue weighted by Gasteiger charge is 2.30. The summed E-state index contributed by atoms with van der Waals surface area (Å²) in [6.07, 6.45) is -2.78. The van der Waals surface area contributed by atoms with Crippen molar-refractivity contribution in [2.45, 2.75) is 6.18 Å². The summed E-state index contributed by atoms with van der Waals surface area (Å²) < 4.78 is 37.6. The van der Waals surface area contributed by atoms with E-state index >= 15 is 0 Å². The van der Waals surface area contributed by atoms with Crippen LogP contribution >= 0.6 is 11.8 Å². The fourth-order valence-corrected chi connectivity index (χ4v) is 3.27. The Balaban J connectivity index is 1.72. The highest BCUT2D eigenvalue weighted by molar-refractivity contribution is 8.18. The lowest BCUT2D eigenvalue weighted by atomic mass is 10.1. The third kappa shape index (κ3) is 3.76. The topological polar surface area (TPSA) is 44.7 Å². The maximum absolute atomic E-state index is 12.5. The maximum Gasteiger partial charge on any atom is 0.416 e. The first-order chi connectivity index (χ1) is 10.9. The van der Waals surface area contributed by atoms with Gasteiger partial charge in [0.25, 0.3) is 5.91 Å². The largest absolute Gasteiger partial charge is 0.416 e. The van der Waals surface area contributed by atoms with Crippen molar-refractivity contribution in [3.05, 3.63) is 40.3 Å². The van der Waals surface area contributed by atoms with E-state index in [9.17, 15) is 18.0 Å². The van der Waals surface area contributed by atoms with Crippen molar-refractivity contribution < 1.29 is 18.0 Å². The van der Waals surface area contributed by atoms with E-state index < -0.39 is 11.7 Å². The lowest BCUT2D eigenvalue weighted by molar-refractivity contribution is -0.137. The molecule has 122 valence electrons. The number of aliphatic imine (C=N–C) groups is 1. The summed E-state index contributed by atoms with van der Waals surface area (Å²) in [6.45, 7) is 3.25. The molecule has 0 bridgehead atoms. The first-order valence-electron chi connectivity index (χ1n) is 7.09. The van der Waals surface area contributed by atoms with Crippen molar-refractivity contribution in [1.29, 1.82) is 0 Å². The third-order valence-corrected chi connectivity index (χ3v) is 4.58. The Hall–Kier alpha value is -1.80. The maximum atomic E-state index is 12.5. The Morgan fingerprint density at radius 3 is 2.43 bits per heavy atom. The number of carbonyl (C=O) groups is 1. The Morgan fingerprint density at radius 2 is 1.83 bits per heavy atom. The molecule has 0 atom stereocenters. The van der Waals surface area contributed by atoms with Crippen molar-refractivity contribution in [1.82, 2.24) is 10.2 Å². The van der Waals surface area contributed by atoms with Gasteiger partial charge < -0.3 is 10.2 Å². The van der Waals surface area contributed by atoms with Crippen LogP contribution in [0.4, 0.5) is 13.2 Å². The average molecular weight is 341 g/mol. The van der Waals surface area contributed by atoms with Crippen molar-refractivity contribution in [2.75, 3.05) is 26.2 Å². The highest BCUT2D eigenvalue weighted by Crippen LogP contribution is 2.32. The second-order valence-electron chi connectivity index (χ2n) is 5.17. The molecule has 0 saturated carbocycles. The predicted molar refractivity (Wildman–Crippen MR) is 83.9 cm³/mol. The number of halogens is 3. The smallest absolute Gasteiger partial charge is 0.348 e. The first-order valence-corrected chi connectivity index (χ1v) is 7.90. The van der Waals surface area contributed by atoms with Gasteiger partial charge in [0, 0.05) is 26.2 Å². The summed E-state index contributed by atoms with van der Waals surface area (Å²) in [5, 5.41) is 3.88. The van der Waals surface area contributed by atoms with E-state index in [4.69, 9.17) is 0 Å². The molecule has 1 amide bonds. The summed E-state index contributed by atoms with van der Waals surface area (Å²) in [6, 6.07) is 4.72. The van der Waals surface area contributed by atoms with Gasteiger partial charge in [-0.25, -0.2) is 0 Å². The molecule has 4 nitrogen and oxygen atoms in total. The minimum Gasteiger partial charge on any atom is -0.348 e. The number of hydrogen-bond acceptors (Lipinski definition) is 4. The number of rotatable bonds is 1. The van der Waals surface area contributed by atoms with Gasteiger partial charge in [0.2, 0.25) is 0 Å². The first kappa shape index (κ1) is 16.1. The van der Waals surface area contributed by atoms with Gasteiger partial charge in [0.1, 0.15) is 0 Å². The molecule has 3 rings (SSSR count). The molecule has 0 aliphatic carbocycles. The van der Waals surface area contributed by atoms with Gasteiger partial charge in [0.15, 0.2) is 5.17 Å². The van der Waals surface area contributed by atoms with Gasteiger partial charge in [-0.2, -0.15) is 18.2 Å². The van der Waals surface area contributed by atoms with Crippen LogP contribution in [-0.2, 0) is 11.0 Å². The van der Waals surface area contributed by atoms with Crippen molar-refractivity contribution >= 4 is 28.9 Å². The number of amidine groups is 1. The molecule has 0 unspecified atom stereocenters. The summed E-state index contributed by atoms with van der Waals surface area (Å²) in [7, 11) is 0. The number of benzene rings is 1. The molecule has 2 heterocycles. The number of piperazine rings is 1. The summed E-state index contributed by atoms with van der Waals surface area (Å²) in [5.74, 6) is -0.344. The third-order valence-electron chi connectivity index (χ3n) is 3.53. The summed E-state index contributed by atoms with van der Waals surface area (Å²) >= 11 is 1.27. The van der Waals surface area contributed by atoms with E-state index in [0.29, 0.717) is 15.6 Å². The molecule has 23 heavy (non-hydrogen) atoms. The minimum atomic E-state index is -4.36. The Morgan fingerprint density at radius 1 is 1.17 bits per heavy atom. The van der Waals surface area contributed by atoms with E-state index in [1.807, 2.05) is 4.90 Å². The summed E-state index contributed by atoms with van der Waals surface area (Å²) in [5.41, 5.74) is -0.159. The molecule has 1 fully saturated rings. The fraction of sp³-hybridized carbons (Fsp3) is 0.333. The molecule has 1 aromatic rings. The van der Waals surface area contributed by atoms with E-state index in [0.717, 1.165) is 38.3 Å². The lowest BCUT2D eigenvalue weighted by Gasteiger charge is -2.27. The molecule has 1 saturated heterocycles. The van der Waals surface area contributed by atoms with Gasteiger partial charge >= 0.3 is 6.18 Å². The normalized spacial score (nSPS) is 21.0. The number of hydrogen-bond donors (Lipinski definition) is 1. The zero-order valence-corrected chi connectivity index (χ0v) is 12.9. The highest BCUT2D eigenvalue weighted by atomic mass is 32.2. The number of nitrogens with zero attached hydrogens (tertiary/aromatic N) is 2. The van der Waals surface area contributed by atoms with E-state index in [2.05, 4.69) is 10.3 Å². The number of nitrogens with one attached hydrogen (secondary N) is 1. The Kier molecular flexibility index (Phi) is 4.45. The molecule has 0 aromatic heterocycles. The monoisotopic (exact) mass is 341 g/mol. The Labute approximate surface area is 135 Å². The molecule has 0 spiro atoms. The second-order valence-corrected chi connectivity index (χ2v) is 6.18. The molecule has 2 aliphatic rings. The number of amides is 1. The van der Waals surface area contributed by atoms with Crippen LogP contribution in [0.2, 0.25) is 0 Å². The van der Waals surface area contributed by atoms with E-state index in [1.165, 1.54) is 23.9 Å². The van der Waals surface area contributed by atoms with Crippen LogP contribution in [-0.4, -0.2) is 42.2 Å². The lowest BCUT2D eigenvalue weighted by Crippen LogP contribution is -2.45. The average Bonchev–Trinajstić information content (AvgIpc) is 2.89. The standard InChI is InChI=1S/C15H14F3N3OS/c16-15(17,18)11-3-1-10(2-4-11)9-12-13(22)20-14(23-12)21-7-5-19-6-8-21/h1-4,9,19H,5-8H2/b12-9-. The molecule has 8 heteroatoms.